The van der Waals surface area contributed by atoms with Crippen molar-refractivity contribution in [3.63, 3.8) is 0 Å². The Morgan fingerprint density at radius 2 is 1.75 bits per heavy atom. The summed E-state index contributed by atoms with van der Waals surface area (Å²) < 4.78 is 29.5. The smallest absolute Gasteiger partial charge is 0.278 e. The molecule has 0 aromatic heterocycles. The van der Waals surface area contributed by atoms with Gasteiger partial charge in [-0.05, 0) is 7.05 Å². The third kappa shape index (κ3) is 3.48. The second-order valence-electron chi connectivity index (χ2n) is 3.13. The van der Waals surface area contributed by atoms with Gasteiger partial charge in [-0.15, -0.1) is 0 Å². The Hall–Kier alpha value is -0.170. The van der Waals surface area contributed by atoms with Crippen molar-refractivity contribution in [2.24, 2.45) is 0 Å². The van der Waals surface area contributed by atoms with E-state index in [0.29, 0.717) is 13.1 Å². The van der Waals surface area contributed by atoms with Gasteiger partial charge in [0, 0.05) is 26.2 Å². The fraction of sp³-hybridized carbons (Fsp3) is 1.00. The molecule has 0 saturated carbocycles. The summed E-state index contributed by atoms with van der Waals surface area (Å²) in [5.41, 5.74) is 0. The van der Waals surface area contributed by atoms with Crippen LogP contribution >= 0.6 is 0 Å². The van der Waals surface area contributed by atoms with Gasteiger partial charge in [0.1, 0.15) is 5.88 Å². The van der Waals surface area contributed by atoms with Crippen LogP contribution in [0, 0.1) is 0 Å². The van der Waals surface area contributed by atoms with Gasteiger partial charge >= 0.3 is 0 Å². The molecule has 0 aromatic rings. The molecule has 0 unspecified atom stereocenters. The maximum Gasteiger partial charge on any atom is 0.278 e. The molecule has 5 nitrogen and oxygen atoms in total. The first-order valence-electron chi connectivity index (χ1n) is 3.83. The van der Waals surface area contributed by atoms with Crippen LogP contribution in [0.1, 0.15) is 0 Å². The van der Waals surface area contributed by atoms with Crippen LogP contribution in [0.5, 0.6) is 0 Å². The summed E-state index contributed by atoms with van der Waals surface area (Å²) in [5.74, 6) is -0.235. The van der Waals surface area contributed by atoms with Crippen molar-refractivity contribution in [2.45, 2.75) is 0 Å². The molecule has 0 amide bonds. The van der Waals surface area contributed by atoms with Crippen LogP contribution in [-0.2, 0) is 10.1 Å². The van der Waals surface area contributed by atoms with E-state index in [1.54, 1.807) is 4.90 Å². The molecule has 0 radical (unpaired) electrons. The van der Waals surface area contributed by atoms with Crippen molar-refractivity contribution in [3.05, 3.63) is 0 Å². The molecule has 1 fully saturated rings. The molecule has 0 aliphatic carbocycles. The van der Waals surface area contributed by atoms with E-state index in [-0.39, 0.29) is 5.88 Å². The molecule has 12 heavy (non-hydrogen) atoms. The monoisotopic (exact) mass is 194 g/mol. The first-order valence-corrected chi connectivity index (χ1v) is 5.44. The summed E-state index contributed by atoms with van der Waals surface area (Å²) in [7, 11) is -1.84. The van der Waals surface area contributed by atoms with Gasteiger partial charge in [-0.1, -0.05) is 0 Å². The van der Waals surface area contributed by atoms with Gasteiger partial charge in [-0.2, -0.15) is 8.42 Å². The van der Waals surface area contributed by atoms with Crippen LogP contribution in [0.3, 0.4) is 0 Å². The highest BCUT2D eigenvalue weighted by Crippen LogP contribution is 2.00. The highest BCUT2D eigenvalue weighted by molar-refractivity contribution is 7.85. The fourth-order valence-corrected chi connectivity index (χ4v) is 1.93. The normalized spacial score (nSPS) is 22.8. The topological polar surface area (TPSA) is 60.9 Å². The van der Waals surface area contributed by atoms with Gasteiger partial charge in [0.25, 0.3) is 10.1 Å². The number of hydrogen-bond donors (Lipinski definition) is 1. The van der Waals surface area contributed by atoms with Gasteiger partial charge in [-0.3, -0.25) is 9.45 Å². The van der Waals surface area contributed by atoms with Gasteiger partial charge in [0.05, 0.1) is 0 Å². The third-order valence-electron chi connectivity index (χ3n) is 1.94. The molecule has 6 heteroatoms. The molecule has 1 saturated heterocycles. The number of hydrogen-bond acceptors (Lipinski definition) is 4. The average molecular weight is 194 g/mol. The molecule has 1 aliphatic heterocycles. The van der Waals surface area contributed by atoms with Crippen molar-refractivity contribution in [1.82, 2.24) is 9.80 Å². The van der Waals surface area contributed by atoms with Crippen LogP contribution < -0.4 is 0 Å². The fourth-order valence-electron chi connectivity index (χ4n) is 1.21. The minimum atomic E-state index is -3.83. The van der Waals surface area contributed by atoms with E-state index in [0.717, 1.165) is 13.1 Å². The van der Waals surface area contributed by atoms with Crippen LogP contribution in [0.4, 0.5) is 0 Å². The lowest BCUT2D eigenvalue weighted by atomic mass is 10.4. The maximum atomic E-state index is 10.5. The zero-order chi connectivity index (χ0) is 9.19. The quantitative estimate of drug-likeness (QED) is 0.576. The average Bonchev–Trinajstić information content (AvgIpc) is 1.91. The highest BCUT2D eigenvalue weighted by atomic mass is 32.2. The molecular formula is C6H14N2O3S. The standard InChI is InChI=1S/C6H14N2O3S/c1-7-2-4-8(5-3-7)6-12(9,10)11/h2-6H2,1H3,(H,9,10,11). The summed E-state index contributed by atoms with van der Waals surface area (Å²) in [4.78, 5) is 3.86. The maximum absolute atomic E-state index is 10.5. The molecule has 0 bridgehead atoms. The van der Waals surface area contributed by atoms with E-state index in [2.05, 4.69) is 4.90 Å². The lowest BCUT2D eigenvalue weighted by molar-refractivity contribution is 0.170. The second-order valence-corrected chi connectivity index (χ2v) is 4.55. The van der Waals surface area contributed by atoms with E-state index in [9.17, 15) is 8.42 Å². The Labute approximate surface area is 72.7 Å². The van der Waals surface area contributed by atoms with Crippen molar-refractivity contribution in [3.8, 4) is 0 Å². The minimum Gasteiger partial charge on any atom is -0.304 e. The number of nitrogens with zero attached hydrogens (tertiary/aromatic N) is 2. The van der Waals surface area contributed by atoms with Crippen molar-refractivity contribution >= 4 is 10.1 Å². The van der Waals surface area contributed by atoms with Crippen LogP contribution in [0.2, 0.25) is 0 Å². The molecule has 72 valence electrons. The molecular weight excluding hydrogens is 180 g/mol. The summed E-state index contributed by atoms with van der Waals surface area (Å²) >= 11 is 0. The Morgan fingerprint density at radius 1 is 1.25 bits per heavy atom. The largest absolute Gasteiger partial charge is 0.304 e. The van der Waals surface area contributed by atoms with Crippen LogP contribution in [0.15, 0.2) is 0 Å². The number of likely N-dealkylation sites (N-methyl/N-ethyl adjacent to an activating group) is 1. The van der Waals surface area contributed by atoms with Crippen molar-refractivity contribution in [2.75, 3.05) is 39.1 Å². The van der Waals surface area contributed by atoms with E-state index in [1.165, 1.54) is 0 Å². The van der Waals surface area contributed by atoms with E-state index in [4.69, 9.17) is 4.55 Å². The lowest BCUT2D eigenvalue weighted by Gasteiger charge is -2.31. The molecule has 0 aromatic carbocycles. The second kappa shape index (κ2) is 3.69. The zero-order valence-electron chi connectivity index (χ0n) is 7.10. The predicted octanol–water partition coefficient (Wildman–Crippen LogP) is -0.921. The van der Waals surface area contributed by atoms with E-state index < -0.39 is 10.1 Å². The summed E-state index contributed by atoms with van der Waals surface area (Å²) in [5, 5.41) is 0. The van der Waals surface area contributed by atoms with E-state index in [1.807, 2.05) is 7.05 Å². The summed E-state index contributed by atoms with van der Waals surface area (Å²) in [6.45, 7) is 3.12. The first kappa shape index (κ1) is 9.91. The molecule has 0 atom stereocenters. The zero-order valence-corrected chi connectivity index (χ0v) is 7.92. The van der Waals surface area contributed by atoms with Gasteiger partial charge in [-0.25, -0.2) is 0 Å². The van der Waals surface area contributed by atoms with Crippen LogP contribution in [-0.4, -0.2) is 61.9 Å². The van der Waals surface area contributed by atoms with Crippen molar-refractivity contribution in [1.29, 1.82) is 0 Å². The van der Waals surface area contributed by atoms with E-state index >= 15 is 0 Å². The Balaban J connectivity index is 2.36. The molecule has 1 N–H and O–H groups in total. The number of rotatable bonds is 2. The molecule has 0 spiro atoms. The highest BCUT2D eigenvalue weighted by Gasteiger charge is 2.18. The first-order chi connectivity index (χ1) is 5.47. The SMILES string of the molecule is CN1CCN(CS(=O)(=O)O)CC1. The molecule has 1 rings (SSSR count). The van der Waals surface area contributed by atoms with Crippen molar-refractivity contribution < 1.29 is 13.0 Å². The van der Waals surface area contributed by atoms with Gasteiger partial charge in [0.2, 0.25) is 0 Å². The predicted molar refractivity (Wildman–Crippen MR) is 45.5 cm³/mol. The van der Waals surface area contributed by atoms with Gasteiger partial charge < -0.3 is 4.90 Å². The third-order valence-corrected chi connectivity index (χ3v) is 2.63. The Bertz CT molecular complexity index is 231. The molecule has 1 aliphatic rings. The summed E-state index contributed by atoms with van der Waals surface area (Å²) in [6, 6.07) is 0. The van der Waals surface area contributed by atoms with Gasteiger partial charge in [0.15, 0.2) is 0 Å². The van der Waals surface area contributed by atoms with Crippen LogP contribution in [0.25, 0.3) is 0 Å². The Morgan fingerprint density at radius 3 is 2.17 bits per heavy atom. The minimum absolute atomic E-state index is 0.235. The number of piperazine rings is 1. The molecule has 1 heterocycles. The lowest BCUT2D eigenvalue weighted by Crippen LogP contribution is -2.46. The Kier molecular flexibility index (Phi) is 3.05. The summed E-state index contributed by atoms with van der Waals surface area (Å²) in [6.07, 6.45) is 0.